The molecule has 1 atom stereocenters. The van der Waals surface area contributed by atoms with Crippen LogP contribution in [-0.2, 0) is 0 Å². The summed E-state index contributed by atoms with van der Waals surface area (Å²) in [5, 5.41) is 0.720. The van der Waals surface area contributed by atoms with Crippen molar-refractivity contribution in [3.8, 4) is 0 Å². The quantitative estimate of drug-likeness (QED) is 0.561. The highest BCUT2D eigenvalue weighted by molar-refractivity contribution is 8.23. The molecule has 1 saturated heterocycles. The van der Waals surface area contributed by atoms with Crippen molar-refractivity contribution in [2.75, 3.05) is 13.6 Å². The van der Waals surface area contributed by atoms with Crippen molar-refractivity contribution in [3.63, 3.8) is 0 Å². The SMILES string of the molecule is CC(C)C1CN(C)C(=S)S1. The number of nitrogens with zero attached hydrogens (tertiary/aromatic N) is 1. The third-order valence-electron chi connectivity index (χ3n) is 1.76. The summed E-state index contributed by atoms with van der Waals surface area (Å²) in [5.74, 6) is 0.743. The molecule has 1 heterocycles. The molecule has 1 unspecified atom stereocenters. The lowest BCUT2D eigenvalue weighted by Gasteiger charge is -2.11. The van der Waals surface area contributed by atoms with E-state index in [9.17, 15) is 0 Å². The standard InChI is InChI=1S/C7H13NS2/c1-5(2)6-4-8(3)7(9)10-6/h5-6H,4H2,1-3H3. The molecule has 0 aromatic carbocycles. The van der Waals surface area contributed by atoms with E-state index in [-0.39, 0.29) is 0 Å². The Morgan fingerprint density at radius 2 is 2.30 bits per heavy atom. The second-order valence-electron chi connectivity index (χ2n) is 3.05. The maximum Gasteiger partial charge on any atom is 0.136 e. The van der Waals surface area contributed by atoms with Gasteiger partial charge in [-0.15, -0.1) is 0 Å². The zero-order valence-electron chi connectivity index (χ0n) is 6.63. The van der Waals surface area contributed by atoms with Crippen LogP contribution in [-0.4, -0.2) is 28.1 Å². The number of thiocarbonyl (C=S) groups is 1. The minimum Gasteiger partial charge on any atom is -0.359 e. The predicted molar refractivity (Wildman–Crippen MR) is 51.4 cm³/mol. The van der Waals surface area contributed by atoms with Gasteiger partial charge < -0.3 is 4.90 Å². The Kier molecular flexibility index (Phi) is 2.58. The molecule has 0 bridgehead atoms. The maximum absolute atomic E-state index is 5.13. The van der Waals surface area contributed by atoms with Crippen LogP contribution in [0.5, 0.6) is 0 Å². The molecule has 0 N–H and O–H groups in total. The highest BCUT2D eigenvalue weighted by Crippen LogP contribution is 2.29. The summed E-state index contributed by atoms with van der Waals surface area (Å²) in [4.78, 5) is 2.16. The summed E-state index contributed by atoms with van der Waals surface area (Å²) in [5.41, 5.74) is 0. The Morgan fingerprint density at radius 1 is 1.70 bits per heavy atom. The van der Waals surface area contributed by atoms with Crippen molar-refractivity contribution in [1.29, 1.82) is 0 Å². The number of rotatable bonds is 1. The molecule has 3 heteroatoms. The van der Waals surface area contributed by atoms with Gasteiger partial charge in [0.1, 0.15) is 4.32 Å². The van der Waals surface area contributed by atoms with Crippen molar-refractivity contribution in [3.05, 3.63) is 0 Å². The van der Waals surface area contributed by atoms with E-state index >= 15 is 0 Å². The van der Waals surface area contributed by atoms with E-state index in [1.165, 1.54) is 0 Å². The first-order valence-corrected chi connectivity index (χ1v) is 4.82. The minimum atomic E-state index is 0.720. The summed E-state index contributed by atoms with van der Waals surface area (Å²) in [6.45, 7) is 5.63. The van der Waals surface area contributed by atoms with Gasteiger partial charge in [0, 0.05) is 18.8 Å². The number of hydrogen-bond donors (Lipinski definition) is 0. The molecule has 0 aromatic rings. The Bertz CT molecular complexity index is 145. The fraction of sp³-hybridized carbons (Fsp3) is 0.857. The van der Waals surface area contributed by atoms with Crippen molar-refractivity contribution < 1.29 is 0 Å². The minimum absolute atomic E-state index is 0.720. The van der Waals surface area contributed by atoms with Crippen LogP contribution in [0, 0.1) is 5.92 Å². The van der Waals surface area contributed by atoms with Crippen molar-refractivity contribution in [2.45, 2.75) is 19.1 Å². The van der Waals surface area contributed by atoms with Crippen LogP contribution in [0.25, 0.3) is 0 Å². The van der Waals surface area contributed by atoms with E-state index in [2.05, 4.69) is 25.8 Å². The molecule has 1 nitrogen and oxygen atoms in total. The average molecular weight is 175 g/mol. The summed E-state index contributed by atoms with van der Waals surface area (Å²) in [6, 6.07) is 0. The van der Waals surface area contributed by atoms with Crippen LogP contribution in [0.1, 0.15) is 13.8 Å². The molecule has 1 aliphatic heterocycles. The second kappa shape index (κ2) is 3.09. The zero-order valence-corrected chi connectivity index (χ0v) is 8.26. The molecule has 10 heavy (non-hydrogen) atoms. The van der Waals surface area contributed by atoms with Crippen molar-refractivity contribution in [1.82, 2.24) is 4.90 Å². The monoisotopic (exact) mass is 175 g/mol. The van der Waals surface area contributed by atoms with E-state index in [1.54, 1.807) is 0 Å². The topological polar surface area (TPSA) is 3.24 Å². The van der Waals surface area contributed by atoms with Gasteiger partial charge in [-0.3, -0.25) is 0 Å². The first-order valence-electron chi connectivity index (χ1n) is 3.53. The average Bonchev–Trinajstić information content (AvgIpc) is 2.13. The fourth-order valence-electron chi connectivity index (χ4n) is 0.948. The largest absolute Gasteiger partial charge is 0.359 e. The van der Waals surface area contributed by atoms with Gasteiger partial charge >= 0.3 is 0 Å². The molecule has 0 aromatic heterocycles. The molecule has 0 spiro atoms. The zero-order chi connectivity index (χ0) is 7.72. The predicted octanol–water partition coefficient (Wildman–Crippen LogP) is 1.97. The van der Waals surface area contributed by atoms with Gasteiger partial charge in [-0.1, -0.05) is 37.8 Å². The highest BCUT2D eigenvalue weighted by Gasteiger charge is 2.26. The number of hydrogen-bond acceptors (Lipinski definition) is 2. The molecule has 0 saturated carbocycles. The molecule has 0 radical (unpaired) electrons. The van der Waals surface area contributed by atoms with Gasteiger partial charge in [-0.25, -0.2) is 0 Å². The van der Waals surface area contributed by atoms with Gasteiger partial charge in [-0.2, -0.15) is 0 Å². The molecule has 1 rings (SSSR count). The summed E-state index contributed by atoms with van der Waals surface area (Å²) in [6.07, 6.45) is 0. The molecule has 1 fully saturated rings. The van der Waals surface area contributed by atoms with Crippen LogP contribution < -0.4 is 0 Å². The van der Waals surface area contributed by atoms with Gasteiger partial charge in [-0.05, 0) is 5.92 Å². The van der Waals surface area contributed by atoms with Crippen LogP contribution >= 0.6 is 24.0 Å². The maximum atomic E-state index is 5.13. The van der Waals surface area contributed by atoms with Gasteiger partial charge in [0.05, 0.1) is 0 Å². The second-order valence-corrected chi connectivity index (χ2v) is 4.92. The van der Waals surface area contributed by atoms with Crippen LogP contribution in [0.3, 0.4) is 0 Å². The first kappa shape index (κ1) is 8.34. The van der Waals surface area contributed by atoms with E-state index < -0.39 is 0 Å². The highest BCUT2D eigenvalue weighted by atomic mass is 32.2. The van der Waals surface area contributed by atoms with E-state index in [1.807, 2.05) is 11.8 Å². The Balaban J connectivity index is 2.49. The third-order valence-corrected chi connectivity index (χ3v) is 3.87. The van der Waals surface area contributed by atoms with Crippen LogP contribution in [0.15, 0.2) is 0 Å². The Hall–Kier alpha value is 0.240. The molecule has 58 valence electrons. The molecular weight excluding hydrogens is 162 g/mol. The molecule has 0 aliphatic carbocycles. The lowest BCUT2D eigenvalue weighted by atomic mass is 10.1. The van der Waals surface area contributed by atoms with Crippen LogP contribution in [0.2, 0.25) is 0 Å². The van der Waals surface area contributed by atoms with Gasteiger partial charge in [0.25, 0.3) is 0 Å². The normalized spacial score (nSPS) is 26.6. The van der Waals surface area contributed by atoms with Gasteiger partial charge in [0.2, 0.25) is 0 Å². The summed E-state index contributed by atoms with van der Waals surface area (Å²) >= 11 is 6.97. The molecule has 0 amide bonds. The molecular formula is C7H13NS2. The summed E-state index contributed by atoms with van der Waals surface area (Å²) in [7, 11) is 2.07. The van der Waals surface area contributed by atoms with E-state index in [4.69, 9.17) is 12.2 Å². The Labute approximate surface area is 72.2 Å². The van der Waals surface area contributed by atoms with Crippen molar-refractivity contribution >= 4 is 28.3 Å². The lowest BCUT2D eigenvalue weighted by molar-refractivity contribution is 0.475. The fourth-order valence-corrected chi connectivity index (χ4v) is 2.48. The van der Waals surface area contributed by atoms with Crippen molar-refractivity contribution in [2.24, 2.45) is 5.92 Å². The van der Waals surface area contributed by atoms with Gasteiger partial charge in [0.15, 0.2) is 0 Å². The first-order chi connectivity index (χ1) is 4.61. The van der Waals surface area contributed by atoms with Crippen LogP contribution in [0.4, 0.5) is 0 Å². The molecule has 1 aliphatic rings. The number of thioether (sulfide) groups is 1. The van der Waals surface area contributed by atoms with E-state index in [0.29, 0.717) is 0 Å². The Morgan fingerprint density at radius 3 is 2.50 bits per heavy atom. The third kappa shape index (κ3) is 1.64. The summed E-state index contributed by atoms with van der Waals surface area (Å²) < 4.78 is 1.05. The lowest BCUT2D eigenvalue weighted by Crippen LogP contribution is -2.21. The smallest absolute Gasteiger partial charge is 0.136 e. The van der Waals surface area contributed by atoms with E-state index in [0.717, 1.165) is 22.0 Å².